The molecule has 0 spiro atoms. The summed E-state index contributed by atoms with van der Waals surface area (Å²) in [5, 5.41) is 54.3. The first-order valence-corrected chi connectivity index (χ1v) is 7.82. The zero-order chi connectivity index (χ0) is 19.4. The molecule has 3 rings (SSSR count). The van der Waals surface area contributed by atoms with Crippen molar-refractivity contribution in [3.05, 3.63) is 33.1 Å². The fourth-order valence-corrected chi connectivity index (χ4v) is 2.57. The number of H-pyrrole nitrogens is 1. The van der Waals surface area contributed by atoms with Crippen LogP contribution in [0.5, 0.6) is 0 Å². The van der Waals surface area contributed by atoms with Crippen molar-refractivity contribution in [3.63, 3.8) is 0 Å². The zero-order valence-electron chi connectivity index (χ0n) is 13.6. The molecule has 26 heavy (non-hydrogen) atoms. The molecule has 0 amide bonds. The Hall–Kier alpha value is -1.64. The maximum Gasteiger partial charge on any atom is 0.330 e. The number of nitrogens with one attached hydrogen (secondary N) is 1. The predicted octanol–water partition coefficient (Wildman–Crippen LogP) is -4.75. The highest BCUT2D eigenvalue weighted by Crippen LogP contribution is 2.27. The fraction of sp³-hybridized carbons (Fsp3) is 0.714. The molecule has 2 saturated heterocycles. The number of aliphatic hydroxyl groups is 6. The summed E-state index contributed by atoms with van der Waals surface area (Å²) in [6.07, 6.45) is -5.93. The van der Waals surface area contributed by atoms with E-state index < -0.39 is 60.7 Å². The minimum Gasteiger partial charge on any atom is -0.394 e. The number of hydrogen-bond acceptors (Lipinski definition) is 10. The molecule has 12 nitrogen and oxygen atoms in total. The molecule has 0 saturated carbocycles. The predicted molar refractivity (Wildman–Crippen MR) is 83.2 cm³/mol. The number of aromatic amines is 1. The van der Waals surface area contributed by atoms with E-state index in [1.54, 1.807) is 0 Å². The van der Waals surface area contributed by atoms with E-state index in [0.717, 1.165) is 16.8 Å². The first-order chi connectivity index (χ1) is 12.3. The maximum atomic E-state index is 11.4. The van der Waals surface area contributed by atoms with Crippen molar-refractivity contribution in [2.75, 3.05) is 19.8 Å². The quantitative estimate of drug-likeness (QED) is 0.268. The van der Waals surface area contributed by atoms with Crippen molar-refractivity contribution in [3.8, 4) is 0 Å². The number of nitrogens with zero attached hydrogens (tertiary/aromatic N) is 1. The normalized spacial score (nSPS) is 36.6. The van der Waals surface area contributed by atoms with E-state index in [4.69, 9.17) is 29.9 Å². The van der Waals surface area contributed by atoms with Crippen molar-refractivity contribution in [1.29, 1.82) is 0 Å². The molecule has 2 aliphatic rings. The van der Waals surface area contributed by atoms with E-state index in [9.17, 15) is 19.8 Å². The van der Waals surface area contributed by atoms with Crippen LogP contribution in [0.3, 0.4) is 0 Å². The minimum absolute atomic E-state index is 0.117. The summed E-state index contributed by atoms with van der Waals surface area (Å²) in [4.78, 5) is 24.3. The molecule has 3 heterocycles. The fourth-order valence-electron chi connectivity index (χ4n) is 2.57. The highest BCUT2D eigenvalue weighted by atomic mass is 16.6. The van der Waals surface area contributed by atoms with Gasteiger partial charge in [0.15, 0.2) is 6.23 Å². The summed E-state index contributed by atoms with van der Waals surface area (Å²) >= 11 is 0. The molecule has 1 aromatic heterocycles. The standard InChI is InChI=1S/C9H12N2O6.C5H10O4/c12-3-4-6(14)7(15)8(17-4)11-2-1-5(13)10-9(11)16;6-1-4-5(8)3(7)2-9-4/h1-2,4,6-8,12,14-15H,3H2,(H,10,13,16);3-8H,1-2H2/t4-,6-,7-,8-;3-,4+,5-/m10/s1. The van der Waals surface area contributed by atoms with Gasteiger partial charge in [0.25, 0.3) is 5.56 Å². The summed E-state index contributed by atoms with van der Waals surface area (Å²) in [6, 6.07) is 1.09. The second-order valence-corrected chi connectivity index (χ2v) is 5.86. The van der Waals surface area contributed by atoms with Crippen LogP contribution in [0.25, 0.3) is 0 Å². The summed E-state index contributed by atoms with van der Waals surface area (Å²) in [7, 11) is 0. The molecule has 7 N–H and O–H groups in total. The van der Waals surface area contributed by atoms with E-state index in [1.165, 1.54) is 0 Å². The van der Waals surface area contributed by atoms with Crippen molar-refractivity contribution >= 4 is 0 Å². The number of rotatable bonds is 3. The third-order valence-corrected chi connectivity index (χ3v) is 4.08. The number of hydrogen-bond donors (Lipinski definition) is 7. The zero-order valence-corrected chi connectivity index (χ0v) is 13.6. The largest absolute Gasteiger partial charge is 0.394 e. The van der Waals surface area contributed by atoms with E-state index >= 15 is 0 Å². The average molecular weight is 378 g/mol. The lowest BCUT2D eigenvalue weighted by Crippen LogP contribution is -2.37. The SMILES string of the molecule is O=c1ccn([C@@H]2O[C@H](CO)[C@@H](O)[C@H]2O)c(=O)[nH]1.OC[C@H]1OC[C@H](O)[C@@H]1O. The van der Waals surface area contributed by atoms with Gasteiger partial charge in [0, 0.05) is 12.3 Å². The van der Waals surface area contributed by atoms with Gasteiger partial charge in [-0.05, 0) is 0 Å². The number of aromatic nitrogens is 2. The Labute approximate surface area is 146 Å². The van der Waals surface area contributed by atoms with Gasteiger partial charge in [-0.25, -0.2) is 4.79 Å². The smallest absolute Gasteiger partial charge is 0.330 e. The Bertz CT molecular complexity index is 691. The summed E-state index contributed by atoms with van der Waals surface area (Å²) in [5.41, 5.74) is -1.33. The van der Waals surface area contributed by atoms with Crippen molar-refractivity contribution in [2.24, 2.45) is 0 Å². The molecule has 0 bridgehead atoms. The van der Waals surface area contributed by atoms with Gasteiger partial charge in [-0.15, -0.1) is 0 Å². The van der Waals surface area contributed by atoms with Crippen LogP contribution in [-0.4, -0.2) is 96.6 Å². The second kappa shape index (κ2) is 8.83. The lowest BCUT2D eigenvalue weighted by Gasteiger charge is -2.16. The lowest BCUT2D eigenvalue weighted by atomic mass is 10.1. The van der Waals surface area contributed by atoms with Gasteiger partial charge in [-0.3, -0.25) is 14.3 Å². The molecule has 0 radical (unpaired) electrons. The Kier molecular flexibility index (Phi) is 7.02. The lowest BCUT2D eigenvalue weighted by molar-refractivity contribution is -0.0550. The molecule has 2 aliphatic heterocycles. The van der Waals surface area contributed by atoms with E-state index in [-0.39, 0.29) is 13.2 Å². The van der Waals surface area contributed by atoms with Gasteiger partial charge in [0.05, 0.1) is 19.8 Å². The Balaban J connectivity index is 0.000000228. The first kappa shape index (κ1) is 20.7. The van der Waals surface area contributed by atoms with Crippen LogP contribution in [0, 0.1) is 0 Å². The van der Waals surface area contributed by atoms with Crippen LogP contribution in [0.1, 0.15) is 6.23 Å². The van der Waals surface area contributed by atoms with Gasteiger partial charge in [0.2, 0.25) is 0 Å². The van der Waals surface area contributed by atoms with Crippen molar-refractivity contribution in [1.82, 2.24) is 9.55 Å². The van der Waals surface area contributed by atoms with Gasteiger partial charge < -0.3 is 40.1 Å². The topological polar surface area (TPSA) is 195 Å². The third kappa shape index (κ3) is 4.36. The minimum atomic E-state index is -1.35. The molecule has 0 aromatic carbocycles. The summed E-state index contributed by atoms with van der Waals surface area (Å²) in [5.74, 6) is 0. The van der Waals surface area contributed by atoms with Gasteiger partial charge in [0.1, 0.15) is 36.6 Å². The molecule has 148 valence electrons. The first-order valence-electron chi connectivity index (χ1n) is 7.82. The van der Waals surface area contributed by atoms with Crippen LogP contribution in [-0.2, 0) is 9.47 Å². The molecule has 0 unspecified atom stereocenters. The Morgan fingerprint density at radius 1 is 1.04 bits per heavy atom. The van der Waals surface area contributed by atoms with E-state index in [2.05, 4.69) is 0 Å². The van der Waals surface area contributed by atoms with Gasteiger partial charge in [-0.1, -0.05) is 0 Å². The Morgan fingerprint density at radius 3 is 2.12 bits per heavy atom. The highest BCUT2D eigenvalue weighted by Gasteiger charge is 2.43. The van der Waals surface area contributed by atoms with E-state index in [0.29, 0.717) is 0 Å². The van der Waals surface area contributed by atoms with Crippen LogP contribution in [0.15, 0.2) is 21.9 Å². The van der Waals surface area contributed by atoms with Crippen molar-refractivity contribution < 1.29 is 40.1 Å². The van der Waals surface area contributed by atoms with Gasteiger partial charge in [-0.2, -0.15) is 0 Å². The molecule has 7 atom stereocenters. The van der Waals surface area contributed by atoms with Crippen LogP contribution in [0.2, 0.25) is 0 Å². The number of aliphatic hydroxyl groups excluding tert-OH is 6. The van der Waals surface area contributed by atoms with Crippen LogP contribution in [0.4, 0.5) is 0 Å². The molecular formula is C14H22N2O10. The van der Waals surface area contributed by atoms with E-state index in [1.807, 2.05) is 4.98 Å². The molecule has 2 fully saturated rings. The molecule has 0 aliphatic carbocycles. The highest BCUT2D eigenvalue weighted by molar-refractivity contribution is 4.92. The Morgan fingerprint density at radius 2 is 1.69 bits per heavy atom. The number of ether oxygens (including phenoxy) is 2. The summed E-state index contributed by atoms with van der Waals surface area (Å²) in [6.45, 7) is -0.600. The van der Waals surface area contributed by atoms with Crippen LogP contribution >= 0.6 is 0 Å². The maximum absolute atomic E-state index is 11.4. The molecule has 12 heteroatoms. The van der Waals surface area contributed by atoms with Crippen molar-refractivity contribution in [2.45, 2.75) is 42.9 Å². The molecular weight excluding hydrogens is 356 g/mol. The van der Waals surface area contributed by atoms with Crippen LogP contribution < -0.4 is 11.2 Å². The second-order valence-electron chi connectivity index (χ2n) is 5.86. The average Bonchev–Trinajstić information content (AvgIpc) is 3.09. The monoisotopic (exact) mass is 378 g/mol. The molecule has 1 aromatic rings. The van der Waals surface area contributed by atoms with Gasteiger partial charge >= 0.3 is 5.69 Å². The third-order valence-electron chi connectivity index (χ3n) is 4.08. The summed E-state index contributed by atoms with van der Waals surface area (Å²) < 4.78 is 10.9.